The van der Waals surface area contributed by atoms with Gasteiger partial charge in [0.15, 0.2) is 0 Å². The maximum atomic E-state index is 11.7. The normalized spacial score (nSPS) is 14.4. The quantitative estimate of drug-likeness (QED) is 0.762. The molecule has 1 rings (SSSR count). The number of aryl methyl sites for hydroxylation is 1. The van der Waals surface area contributed by atoms with E-state index in [2.05, 4.69) is 0 Å². The summed E-state index contributed by atoms with van der Waals surface area (Å²) < 4.78 is 4.78. The highest BCUT2D eigenvalue weighted by atomic mass is 16.5. The van der Waals surface area contributed by atoms with Crippen molar-refractivity contribution in [1.29, 1.82) is 0 Å². The van der Waals surface area contributed by atoms with Gasteiger partial charge < -0.3 is 10.5 Å². The number of carbonyl (C=O) groups is 1. The average Bonchev–Trinajstić information content (AvgIpc) is 2.26. The molecule has 0 spiro atoms. The zero-order valence-corrected chi connectivity index (χ0v) is 9.41. The molecule has 0 amide bonds. The van der Waals surface area contributed by atoms with Gasteiger partial charge in [0, 0.05) is 6.54 Å². The Bertz CT molecular complexity index is 362. The summed E-state index contributed by atoms with van der Waals surface area (Å²) in [5, 5.41) is 0. The lowest BCUT2D eigenvalue weighted by Gasteiger charge is -2.25. The summed E-state index contributed by atoms with van der Waals surface area (Å²) in [5.41, 5.74) is 6.92. The van der Waals surface area contributed by atoms with E-state index in [0.29, 0.717) is 0 Å². The molecule has 0 saturated carbocycles. The number of hydrogen-bond donors (Lipinski definition) is 1. The van der Waals surface area contributed by atoms with Crippen molar-refractivity contribution in [2.24, 2.45) is 5.73 Å². The molecule has 0 aliphatic rings. The molecule has 1 atom stereocenters. The molecular formula is C12H17NO2. The van der Waals surface area contributed by atoms with Gasteiger partial charge in [0.05, 0.1) is 7.11 Å². The molecule has 3 nitrogen and oxygen atoms in total. The monoisotopic (exact) mass is 207 g/mol. The number of benzene rings is 1. The zero-order chi connectivity index (χ0) is 11.5. The molecule has 0 aromatic heterocycles. The fourth-order valence-electron chi connectivity index (χ4n) is 1.53. The van der Waals surface area contributed by atoms with E-state index in [1.807, 2.05) is 31.2 Å². The van der Waals surface area contributed by atoms with E-state index in [1.165, 1.54) is 7.11 Å². The first kappa shape index (κ1) is 11.7. The maximum Gasteiger partial charge on any atom is 0.317 e. The molecule has 1 unspecified atom stereocenters. The SMILES string of the molecule is COC(=O)C(C)(CN)c1cccc(C)c1. The van der Waals surface area contributed by atoms with Crippen molar-refractivity contribution in [3.8, 4) is 0 Å². The van der Waals surface area contributed by atoms with Crippen molar-refractivity contribution in [2.45, 2.75) is 19.3 Å². The van der Waals surface area contributed by atoms with Crippen LogP contribution in [0.2, 0.25) is 0 Å². The number of methoxy groups -OCH3 is 1. The molecule has 3 heteroatoms. The van der Waals surface area contributed by atoms with Crippen molar-refractivity contribution in [2.75, 3.05) is 13.7 Å². The Morgan fingerprint density at radius 2 is 2.20 bits per heavy atom. The van der Waals surface area contributed by atoms with E-state index in [1.54, 1.807) is 6.92 Å². The second-order valence-electron chi connectivity index (χ2n) is 3.90. The van der Waals surface area contributed by atoms with E-state index in [9.17, 15) is 4.79 Å². The summed E-state index contributed by atoms with van der Waals surface area (Å²) in [6.07, 6.45) is 0. The van der Waals surface area contributed by atoms with Gasteiger partial charge in [-0.05, 0) is 19.4 Å². The topological polar surface area (TPSA) is 52.3 Å². The van der Waals surface area contributed by atoms with Crippen LogP contribution in [0.1, 0.15) is 18.1 Å². The minimum Gasteiger partial charge on any atom is -0.468 e. The Balaban J connectivity index is 3.16. The number of nitrogens with two attached hydrogens (primary N) is 1. The number of rotatable bonds is 3. The van der Waals surface area contributed by atoms with E-state index in [-0.39, 0.29) is 12.5 Å². The minimum atomic E-state index is -0.749. The molecule has 0 aliphatic heterocycles. The lowest BCUT2D eigenvalue weighted by molar-refractivity contribution is -0.146. The molecule has 0 aliphatic carbocycles. The average molecular weight is 207 g/mol. The molecule has 1 aromatic carbocycles. The number of hydrogen-bond acceptors (Lipinski definition) is 3. The third-order valence-corrected chi connectivity index (χ3v) is 2.70. The lowest BCUT2D eigenvalue weighted by Crippen LogP contribution is -2.41. The first-order valence-corrected chi connectivity index (χ1v) is 4.90. The Labute approximate surface area is 90.2 Å². The molecule has 0 radical (unpaired) electrons. The zero-order valence-electron chi connectivity index (χ0n) is 9.41. The van der Waals surface area contributed by atoms with E-state index in [0.717, 1.165) is 11.1 Å². The highest BCUT2D eigenvalue weighted by molar-refractivity contribution is 5.83. The van der Waals surface area contributed by atoms with Gasteiger partial charge in [0.1, 0.15) is 5.41 Å². The lowest BCUT2D eigenvalue weighted by atomic mass is 9.82. The van der Waals surface area contributed by atoms with Gasteiger partial charge in [-0.1, -0.05) is 29.8 Å². The van der Waals surface area contributed by atoms with Crippen LogP contribution in [0.25, 0.3) is 0 Å². The predicted octanol–water partition coefficient (Wildman–Crippen LogP) is 1.38. The van der Waals surface area contributed by atoms with Gasteiger partial charge >= 0.3 is 5.97 Å². The maximum absolute atomic E-state index is 11.7. The van der Waals surface area contributed by atoms with E-state index < -0.39 is 5.41 Å². The van der Waals surface area contributed by atoms with Crippen molar-refractivity contribution in [1.82, 2.24) is 0 Å². The predicted molar refractivity (Wildman–Crippen MR) is 59.6 cm³/mol. The van der Waals surface area contributed by atoms with Crippen LogP contribution in [0.3, 0.4) is 0 Å². The standard InChI is InChI=1S/C12H17NO2/c1-9-5-4-6-10(7-9)12(2,8-13)11(14)15-3/h4-7H,8,13H2,1-3H3. The van der Waals surface area contributed by atoms with Gasteiger partial charge in [-0.3, -0.25) is 4.79 Å². The number of esters is 1. The molecule has 0 saturated heterocycles. The molecule has 0 fully saturated rings. The summed E-state index contributed by atoms with van der Waals surface area (Å²) in [7, 11) is 1.38. The molecule has 82 valence electrons. The number of carbonyl (C=O) groups excluding carboxylic acids is 1. The van der Waals surface area contributed by atoms with E-state index >= 15 is 0 Å². The van der Waals surface area contributed by atoms with Crippen molar-refractivity contribution in [3.63, 3.8) is 0 Å². The fourth-order valence-corrected chi connectivity index (χ4v) is 1.53. The molecule has 0 bridgehead atoms. The van der Waals surface area contributed by atoms with Crippen LogP contribution in [0.4, 0.5) is 0 Å². The van der Waals surface area contributed by atoms with Gasteiger partial charge in [0.2, 0.25) is 0 Å². The summed E-state index contributed by atoms with van der Waals surface area (Å²) in [4.78, 5) is 11.7. The second-order valence-corrected chi connectivity index (χ2v) is 3.90. The first-order chi connectivity index (χ1) is 7.04. The van der Waals surface area contributed by atoms with Crippen molar-refractivity contribution >= 4 is 5.97 Å². The molecule has 1 aromatic rings. The Kier molecular flexibility index (Phi) is 3.48. The smallest absolute Gasteiger partial charge is 0.317 e. The second kappa shape index (κ2) is 4.45. The molecule has 0 heterocycles. The van der Waals surface area contributed by atoms with Crippen LogP contribution in [0.15, 0.2) is 24.3 Å². The fraction of sp³-hybridized carbons (Fsp3) is 0.417. The van der Waals surface area contributed by atoms with Crippen LogP contribution >= 0.6 is 0 Å². The van der Waals surface area contributed by atoms with Gasteiger partial charge in [0.25, 0.3) is 0 Å². The van der Waals surface area contributed by atoms with Crippen molar-refractivity contribution in [3.05, 3.63) is 35.4 Å². The Morgan fingerprint density at radius 1 is 1.53 bits per heavy atom. The van der Waals surface area contributed by atoms with E-state index in [4.69, 9.17) is 10.5 Å². The third kappa shape index (κ3) is 2.18. The summed E-state index contributed by atoms with van der Waals surface area (Å²) in [5.74, 6) is -0.296. The van der Waals surface area contributed by atoms with Crippen molar-refractivity contribution < 1.29 is 9.53 Å². The molecular weight excluding hydrogens is 190 g/mol. The van der Waals surface area contributed by atoms with Crippen LogP contribution in [-0.4, -0.2) is 19.6 Å². The largest absolute Gasteiger partial charge is 0.468 e. The van der Waals surface area contributed by atoms with Crippen LogP contribution < -0.4 is 5.73 Å². The number of ether oxygens (including phenoxy) is 1. The van der Waals surface area contributed by atoms with Gasteiger partial charge in [-0.2, -0.15) is 0 Å². The van der Waals surface area contributed by atoms with Crippen LogP contribution in [0, 0.1) is 6.92 Å². The van der Waals surface area contributed by atoms with Gasteiger partial charge in [-0.25, -0.2) is 0 Å². The van der Waals surface area contributed by atoms with Crippen LogP contribution in [0.5, 0.6) is 0 Å². The first-order valence-electron chi connectivity index (χ1n) is 4.90. The molecule has 15 heavy (non-hydrogen) atoms. The third-order valence-electron chi connectivity index (χ3n) is 2.70. The summed E-state index contributed by atoms with van der Waals surface area (Å²) in [6.45, 7) is 4.02. The summed E-state index contributed by atoms with van der Waals surface area (Å²) in [6, 6.07) is 7.76. The Hall–Kier alpha value is -1.35. The van der Waals surface area contributed by atoms with Gasteiger partial charge in [-0.15, -0.1) is 0 Å². The highest BCUT2D eigenvalue weighted by Crippen LogP contribution is 2.24. The van der Waals surface area contributed by atoms with Crippen LogP contribution in [-0.2, 0) is 14.9 Å². The minimum absolute atomic E-state index is 0.239. The Morgan fingerprint density at radius 3 is 2.67 bits per heavy atom. The highest BCUT2D eigenvalue weighted by Gasteiger charge is 2.34. The summed E-state index contributed by atoms with van der Waals surface area (Å²) >= 11 is 0. The molecule has 2 N–H and O–H groups in total.